The zero-order valence-electron chi connectivity index (χ0n) is 10.9. The smallest absolute Gasteiger partial charge is 0.334 e. The van der Waals surface area contributed by atoms with Crippen molar-refractivity contribution in [3.05, 3.63) is 0 Å². The molecule has 0 aromatic rings. The van der Waals surface area contributed by atoms with E-state index in [9.17, 15) is 9.59 Å². The summed E-state index contributed by atoms with van der Waals surface area (Å²) in [6.07, 6.45) is 4.40. The number of hydrogen-bond donors (Lipinski definition) is 3. The van der Waals surface area contributed by atoms with Crippen molar-refractivity contribution in [2.24, 2.45) is 5.41 Å². The van der Waals surface area contributed by atoms with E-state index in [2.05, 4.69) is 5.32 Å². The maximum atomic E-state index is 11.6. The molecule has 0 aromatic heterocycles. The number of aliphatic hydroxyl groups is 1. The number of nitrogens with one attached hydrogen (secondary N) is 1. The first-order chi connectivity index (χ1) is 9.01. The summed E-state index contributed by atoms with van der Waals surface area (Å²) < 4.78 is 5.68. The highest BCUT2D eigenvalue weighted by molar-refractivity contribution is 5.78. The van der Waals surface area contributed by atoms with Crippen molar-refractivity contribution in [3.63, 3.8) is 0 Å². The van der Waals surface area contributed by atoms with Crippen LogP contribution < -0.4 is 5.32 Å². The van der Waals surface area contributed by atoms with E-state index < -0.39 is 12.1 Å². The molecule has 1 aliphatic carbocycles. The van der Waals surface area contributed by atoms with Crippen LogP contribution in [0.25, 0.3) is 0 Å². The molecule has 0 radical (unpaired) electrons. The zero-order chi connectivity index (χ0) is 13.9. The molecule has 1 amide bonds. The van der Waals surface area contributed by atoms with E-state index in [-0.39, 0.29) is 30.4 Å². The lowest BCUT2D eigenvalue weighted by atomic mass is 9.83. The normalized spacial score (nSPS) is 26.5. The number of aliphatic hydroxyl groups excluding tert-OH is 1. The molecular formula is C13H21NO5. The summed E-state index contributed by atoms with van der Waals surface area (Å²) in [7, 11) is 0. The Morgan fingerprint density at radius 3 is 2.68 bits per heavy atom. The van der Waals surface area contributed by atoms with Gasteiger partial charge in [0.25, 0.3) is 0 Å². The molecule has 2 rings (SSSR count). The molecule has 1 spiro atoms. The minimum absolute atomic E-state index is 0.0694. The monoisotopic (exact) mass is 271 g/mol. The van der Waals surface area contributed by atoms with Gasteiger partial charge in [-0.05, 0) is 24.7 Å². The fourth-order valence-corrected chi connectivity index (χ4v) is 3.08. The average molecular weight is 271 g/mol. The van der Waals surface area contributed by atoms with Crippen molar-refractivity contribution in [3.8, 4) is 0 Å². The fraction of sp³-hybridized carbons (Fsp3) is 0.846. The van der Waals surface area contributed by atoms with Gasteiger partial charge in [-0.25, -0.2) is 4.79 Å². The molecule has 1 heterocycles. The molecule has 0 bridgehead atoms. The lowest BCUT2D eigenvalue weighted by Gasteiger charge is -2.19. The van der Waals surface area contributed by atoms with Crippen LogP contribution in [0.5, 0.6) is 0 Å². The van der Waals surface area contributed by atoms with Crippen LogP contribution in [-0.4, -0.2) is 47.4 Å². The molecule has 19 heavy (non-hydrogen) atoms. The molecule has 2 fully saturated rings. The van der Waals surface area contributed by atoms with Gasteiger partial charge in [0.05, 0.1) is 25.7 Å². The second-order valence-electron chi connectivity index (χ2n) is 5.71. The van der Waals surface area contributed by atoms with E-state index in [0.717, 1.165) is 13.0 Å². The largest absolute Gasteiger partial charge is 0.479 e. The quantitative estimate of drug-likeness (QED) is 0.668. The number of carboxylic acid groups (broad SMARTS) is 1. The second kappa shape index (κ2) is 5.88. The van der Waals surface area contributed by atoms with Crippen molar-refractivity contribution in [1.29, 1.82) is 0 Å². The Bertz CT molecular complexity index is 351. The molecule has 6 nitrogen and oxygen atoms in total. The first-order valence-electron chi connectivity index (χ1n) is 6.80. The van der Waals surface area contributed by atoms with Gasteiger partial charge in [0.15, 0.2) is 6.10 Å². The SMILES string of the molecule is O=C(CC1CC2(CCCC2)CO1)NCC(O)C(=O)O. The van der Waals surface area contributed by atoms with Crippen LogP contribution in [0, 0.1) is 5.41 Å². The van der Waals surface area contributed by atoms with Gasteiger partial charge in [0.1, 0.15) is 0 Å². The minimum Gasteiger partial charge on any atom is -0.479 e. The predicted octanol–water partition coefficient (Wildman–Crippen LogP) is 0.287. The van der Waals surface area contributed by atoms with E-state index in [0.29, 0.717) is 0 Å². The standard InChI is InChI=1S/C13H21NO5/c15-10(12(17)18)7-14-11(16)5-9-6-13(8-19-9)3-1-2-4-13/h9-10,15H,1-8H2,(H,14,16)(H,17,18). The number of carbonyl (C=O) groups excluding carboxylic acids is 1. The van der Waals surface area contributed by atoms with E-state index >= 15 is 0 Å². The van der Waals surface area contributed by atoms with Crippen LogP contribution >= 0.6 is 0 Å². The molecule has 1 saturated heterocycles. The first-order valence-corrected chi connectivity index (χ1v) is 6.80. The number of carboxylic acids is 1. The number of aliphatic carboxylic acids is 1. The summed E-state index contributed by atoms with van der Waals surface area (Å²) in [4.78, 5) is 22.0. The Kier molecular flexibility index (Phi) is 4.42. The summed E-state index contributed by atoms with van der Waals surface area (Å²) in [5.74, 6) is -1.59. The summed E-state index contributed by atoms with van der Waals surface area (Å²) in [5.41, 5.74) is 0.283. The third-order valence-electron chi connectivity index (χ3n) is 4.14. The Balaban J connectivity index is 1.70. The summed E-state index contributed by atoms with van der Waals surface area (Å²) in [5, 5.41) is 20.0. The highest BCUT2D eigenvalue weighted by Crippen LogP contribution is 2.47. The Morgan fingerprint density at radius 2 is 2.05 bits per heavy atom. The average Bonchev–Trinajstić information content (AvgIpc) is 2.97. The van der Waals surface area contributed by atoms with Gasteiger partial charge in [0.2, 0.25) is 5.91 Å². The van der Waals surface area contributed by atoms with Crippen molar-refractivity contribution in [2.75, 3.05) is 13.2 Å². The van der Waals surface area contributed by atoms with Crippen molar-refractivity contribution >= 4 is 11.9 Å². The van der Waals surface area contributed by atoms with Gasteiger partial charge in [-0.1, -0.05) is 12.8 Å². The Labute approximate surface area is 112 Å². The zero-order valence-corrected chi connectivity index (χ0v) is 10.9. The van der Waals surface area contributed by atoms with Gasteiger partial charge in [-0.2, -0.15) is 0 Å². The van der Waals surface area contributed by atoms with E-state index in [1.54, 1.807) is 0 Å². The number of carbonyl (C=O) groups is 2. The highest BCUT2D eigenvalue weighted by Gasteiger charge is 2.42. The summed E-state index contributed by atoms with van der Waals surface area (Å²) in [6.45, 7) is 0.481. The van der Waals surface area contributed by atoms with Crippen LogP contribution in [0.2, 0.25) is 0 Å². The van der Waals surface area contributed by atoms with Gasteiger partial charge < -0.3 is 20.3 Å². The van der Waals surface area contributed by atoms with E-state index in [4.69, 9.17) is 14.9 Å². The van der Waals surface area contributed by atoms with Gasteiger partial charge >= 0.3 is 5.97 Å². The molecule has 2 atom stereocenters. The van der Waals surface area contributed by atoms with Crippen LogP contribution in [-0.2, 0) is 14.3 Å². The Hall–Kier alpha value is -1.14. The molecular weight excluding hydrogens is 250 g/mol. The van der Waals surface area contributed by atoms with Gasteiger partial charge in [0, 0.05) is 0 Å². The van der Waals surface area contributed by atoms with Crippen molar-refractivity contribution in [1.82, 2.24) is 5.32 Å². The maximum absolute atomic E-state index is 11.6. The molecule has 108 valence electrons. The van der Waals surface area contributed by atoms with Crippen LogP contribution in [0.15, 0.2) is 0 Å². The van der Waals surface area contributed by atoms with Gasteiger partial charge in [-0.15, -0.1) is 0 Å². The van der Waals surface area contributed by atoms with E-state index in [1.807, 2.05) is 0 Å². The van der Waals surface area contributed by atoms with Gasteiger partial charge in [-0.3, -0.25) is 4.79 Å². The maximum Gasteiger partial charge on any atom is 0.334 e. The predicted molar refractivity (Wildman–Crippen MR) is 66.5 cm³/mol. The van der Waals surface area contributed by atoms with Crippen LogP contribution in [0.1, 0.15) is 38.5 Å². The first kappa shape index (κ1) is 14.3. The lowest BCUT2D eigenvalue weighted by Crippen LogP contribution is -2.37. The third-order valence-corrected chi connectivity index (χ3v) is 4.14. The fourth-order valence-electron chi connectivity index (χ4n) is 3.08. The van der Waals surface area contributed by atoms with Crippen molar-refractivity contribution in [2.45, 2.75) is 50.7 Å². The third kappa shape index (κ3) is 3.67. The molecule has 6 heteroatoms. The minimum atomic E-state index is -1.55. The lowest BCUT2D eigenvalue weighted by molar-refractivity contribution is -0.146. The second-order valence-corrected chi connectivity index (χ2v) is 5.71. The van der Waals surface area contributed by atoms with Crippen LogP contribution in [0.4, 0.5) is 0 Å². The van der Waals surface area contributed by atoms with Crippen LogP contribution in [0.3, 0.4) is 0 Å². The molecule has 3 N–H and O–H groups in total. The topological polar surface area (TPSA) is 95.9 Å². The summed E-state index contributed by atoms with van der Waals surface area (Å²) >= 11 is 0. The number of rotatable bonds is 5. The number of amides is 1. The summed E-state index contributed by atoms with van der Waals surface area (Å²) in [6, 6.07) is 0. The number of ether oxygens (including phenoxy) is 1. The van der Waals surface area contributed by atoms with Crippen molar-refractivity contribution < 1.29 is 24.5 Å². The highest BCUT2D eigenvalue weighted by atomic mass is 16.5. The molecule has 0 aromatic carbocycles. The molecule has 1 aliphatic heterocycles. The molecule has 1 saturated carbocycles. The molecule has 2 aliphatic rings. The Morgan fingerprint density at radius 1 is 1.37 bits per heavy atom. The number of hydrogen-bond acceptors (Lipinski definition) is 4. The molecule has 2 unspecified atom stereocenters. The van der Waals surface area contributed by atoms with E-state index in [1.165, 1.54) is 25.7 Å².